The van der Waals surface area contributed by atoms with E-state index in [-0.39, 0.29) is 10.8 Å². The average molecular weight is 418 g/mol. The summed E-state index contributed by atoms with van der Waals surface area (Å²) < 4.78 is 27.6. The van der Waals surface area contributed by atoms with Crippen molar-refractivity contribution in [2.45, 2.75) is 37.5 Å². The molecule has 0 spiro atoms. The van der Waals surface area contributed by atoms with Crippen LogP contribution in [0.5, 0.6) is 0 Å². The van der Waals surface area contributed by atoms with E-state index in [2.05, 4.69) is 21.1 Å². The predicted octanol–water partition coefficient (Wildman–Crippen LogP) is 3.86. The summed E-state index contributed by atoms with van der Waals surface area (Å²) in [6.45, 7) is 1.72. The van der Waals surface area contributed by atoms with Crippen LogP contribution >= 0.6 is 11.3 Å². The fraction of sp³-hybridized carbons (Fsp3) is 0.300. The number of nitrogens with one attached hydrogen (secondary N) is 2. The molecule has 0 aliphatic rings. The number of benzene rings is 2. The molecule has 0 radical (unpaired) electrons. The smallest absolute Gasteiger partial charge is 0.240 e. The highest BCUT2D eigenvalue weighted by molar-refractivity contribution is 7.89. The van der Waals surface area contributed by atoms with Crippen LogP contribution in [0, 0.1) is 6.92 Å². The van der Waals surface area contributed by atoms with Gasteiger partial charge in [-0.1, -0.05) is 18.2 Å². The monoisotopic (exact) mass is 417 g/mol. The van der Waals surface area contributed by atoms with Gasteiger partial charge in [-0.25, -0.2) is 18.1 Å². The van der Waals surface area contributed by atoms with Gasteiger partial charge in [-0.15, -0.1) is 11.3 Å². The number of sulfonamides is 1. The minimum atomic E-state index is -3.56. The maximum atomic E-state index is 12.2. The number of aromatic nitrogens is 1. The third-order valence-corrected chi connectivity index (χ3v) is 7.07. The SMILES string of the molecule is CNS(=O)(=O)c1cc(NC(=O)CCCCc2nc3ccccc3s2)ccc1C. The summed E-state index contributed by atoms with van der Waals surface area (Å²) in [6.07, 6.45) is 2.85. The Morgan fingerprint density at radius 3 is 2.68 bits per heavy atom. The molecule has 1 heterocycles. The summed E-state index contributed by atoms with van der Waals surface area (Å²) >= 11 is 1.69. The molecule has 0 aliphatic carbocycles. The van der Waals surface area contributed by atoms with Crippen molar-refractivity contribution >= 4 is 43.2 Å². The van der Waals surface area contributed by atoms with Crippen LogP contribution in [0.4, 0.5) is 5.69 Å². The van der Waals surface area contributed by atoms with Crippen LogP contribution in [0.15, 0.2) is 47.4 Å². The minimum Gasteiger partial charge on any atom is -0.326 e. The third kappa shape index (κ3) is 4.95. The molecule has 2 N–H and O–H groups in total. The van der Waals surface area contributed by atoms with Crippen molar-refractivity contribution in [3.63, 3.8) is 0 Å². The Morgan fingerprint density at radius 1 is 1.14 bits per heavy atom. The summed E-state index contributed by atoms with van der Waals surface area (Å²) in [5, 5.41) is 3.87. The van der Waals surface area contributed by atoms with Crippen LogP contribution in [0.3, 0.4) is 0 Å². The number of thiazole rings is 1. The van der Waals surface area contributed by atoms with E-state index in [1.54, 1.807) is 30.4 Å². The Kier molecular flexibility index (Phi) is 6.43. The molecule has 0 bridgehead atoms. The molecule has 0 atom stereocenters. The number of hydrogen-bond donors (Lipinski definition) is 2. The first kappa shape index (κ1) is 20.4. The number of carbonyl (C=O) groups excluding carboxylic acids is 1. The Bertz CT molecular complexity index is 1060. The number of unbranched alkanes of at least 4 members (excludes halogenated alkanes) is 1. The first-order chi connectivity index (χ1) is 13.4. The van der Waals surface area contributed by atoms with Crippen LogP contribution in [0.1, 0.15) is 29.8 Å². The van der Waals surface area contributed by atoms with Crippen molar-refractivity contribution in [1.82, 2.24) is 9.71 Å². The van der Waals surface area contributed by atoms with Crippen LogP contribution < -0.4 is 10.0 Å². The Labute approximate surface area is 169 Å². The largest absolute Gasteiger partial charge is 0.326 e. The van der Waals surface area contributed by atoms with Gasteiger partial charge in [0.15, 0.2) is 0 Å². The van der Waals surface area contributed by atoms with Crippen LogP contribution in [0.2, 0.25) is 0 Å². The van der Waals surface area contributed by atoms with E-state index in [0.717, 1.165) is 29.8 Å². The first-order valence-electron chi connectivity index (χ1n) is 9.07. The first-order valence-corrected chi connectivity index (χ1v) is 11.4. The molecule has 8 heteroatoms. The molecular formula is C20H23N3O3S2. The van der Waals surface area contributed by atoms with E-state index in [4.69, 9.17) is 0 Å². The van der Waals surface area contributed by atoms with Crippen molar-refractivity contribution in [2.75, 3.05) is 12.4 Å². The van der Waals surface area contributed by atoms with Crippen molar-refractivity contribution in [3.05, 3.63) is 53.0 Å². The molecule has 0 unspecified atom stereocenters. The molecule has 3 aromatic rings. The molecule has 0 saturated carbocycles. The average Bonchev–Trinajstić information content (AvgIpc) is 3.09. The molecule has 28 heavy (non-hydrogen) atoms. The van der Waals surface area contributed by atoms with Gasteiger partial charge in [-0.2, -0.15) is 0 Å². The van der Waals surface area contributed by atoms with E-state index in [0.29, 0.717) is 17.7 Å². The topological polar surface area (TPSA) is 88.2 Å². The van der Waals surface area contributed by atoms with E-state index >= 15 is 0 Å². The quantitative estimate of drug-likeness (QED) is 0.545. The maximum Gasteiger partial charge on any atom is 0.240 e. The normalized spacial score (nSPS) is 11.6. The van der Waals surface area contributed by atoms with Crippen LogP contribution in [0.25, 0.3) is 10.2 Å². The standard InChI is InChI=1S/C20H23N3O3S2/c1-14-11-12-15(13-18(14)28(25,26)21-2)22-19(24)9-5-6-10-20-23-16-7-3-4-8-17(16)27-20/h3-4,7-8,11-13,21H,5-6,9-10H2,1-2H3,(H,22,24). The number of hydrogen-bond acceptors (Lipinski definition) is 5. The van der Waals surface area contributed by atoms with Crippen molar-refractivity contribution in [3.8, 4) is 0 Å². The van der Waals surface area contributed by atoms with Gasteiger partial charge >= 0.3 is 0 Å². The van der Waals surface area contributed by atoms with Gasteiger partial charge in [0.2, 0.25) is 15.9 Å². The third-order valence-electron chi connectivity index (χ3n) is 4.41. The van der Waals surface area contributed by atoms with Gasteiger partial charge in [-0.3, -0.25) is 4.79 Å². The van der Waals surface area contributed by atoms with Crippen molar-refractivity contribution in [1.29, 1.82) is 0 Å². The minimum absolute atomic E-state index is 0.124. The van der Waals surface area contributed by atoms with E-state index < -0.39 is 10.0 Å². The zero-order valence-corrected chi connectivity index (χ0v) is 17.5. The number of carbonyl (C=O) groups is 1. The molecule has 0 aliphatic heterocycles. The maximum absolute atomic E-state index is 12.2. The summed E-state index contributed by atoms with van der Waals surface area (Å²) in [7, 11) is -2.19. The lowest BCUT2D eigenvalue weighted by Gasteiger charge is -2.10. The second-order valence-corrected chi connectivity index (χ2v) is 9.49. The van der Waals surface area contributed by atoms with Gasteiger partial charge in [0.25, 0.3) is 0 Å². The second kappa shape index (κ2) is 8.81. The molecule has 1 aromatic heterocycles. The van der Waals surface area contributed by atoms with Gasteiger partial charge in [-0.05, 0) is 63.1 Å². The Morgan fingerprint density at radius 2 is 1.93 bits per heavy atom. The fourth-order valence-electron chi connectivity index (χ4n) is 2.89. The number of rotatable bonds is 8. The number of para-hydroxylation sites is 1. The molecular weight excluding hydrogens is 394 g/mol. The van der Waals surface area contributed by atoms with Crippen molar-refractivity contribution in [2.24, 2.45) is 0 Å². The number of anilines is 1. The number of amides is 1. The molecule has 0 saturated heterocycles. The predicted molar refractivity (Wildman–Crippen MR) is 113 cm³/mol. The number of nitrogens with zero attached hydrogens (tertiary/aromatic N) is 1. The summed E-state index contributed by atoms with van der Waals surface area (Å²) in [4.78, 5) is 17.0. The molecule has 6 nitrogen and oxygen atoms in total. The highest BCUT2D eigenvalue weighted by Gasteiger charge is 2.15. The van der Waals surface area contributed by atoms with E-state index in [1.165, 1.54) is 17.8 Å². The van der Waals surface area contributed by atoms with Gasteiger partial charge < -0.3 is 5.32 Å². The molecule has 1 amide bonds. The molecule has 148 valence electrons. The number of aryl methyl sites for hydroxylation is 2. The zero-order chi connectivity index (χ0) is 20.1. The summed E-state index contributed by atoms with van der Waals surface area (Å²) in [6, 6.07) is 12.9. The lowest BCUT2D eigenvalue weighted by Crippen LogP contribution is -2.20. The highest BCUT2D eigenvalue weighted by Crippen LogP contribution is 2.23. The Hall–Kier alpha value is -2.29. The van der Waals surface area contributed by atoms with Crippen LogP contribution in [-0.2, 0) is 21.2 Å². The molecule has 2 aromatic carbocycles. The summed E-state index contributed by atoms with van der Waals surface area (Å²) in [5.41, 5.74) is 2.13. The molecule has 0 fully saturated rings. The highest BCUT2D eigenvalue weighted by atomic mass is 32.2. The van der Waals surface area contributed by atoms with Crippen molar-refractivity contribution < 1.29 is 13.2 Å². The van der Waals surface area contributed by atoms with E-state index in [1.807, 2.05) is 18.2 Å². The molecule has 3 rings (SSSR count). The lowest BCUT2D eigenvalue weighted by atomic mass is 10.2. The summed E-state index contributed by atoms with van der Waals surface area (Å²) in [5.74, 6) is -0.124. The van der Waals surface area contributed by atoms with Crippen LogP contribution in [-0.4, -0.2) is 26.4 Å². The van der Waals surface area contributed by atoms with Gasteiger partial charge in [0.1, 0.15) is 0 Å². The number of fused-ring (bicyclic) bond motifs is 1. The fourth-order valence-corrected chi connectivity index (χ4v) is 4.89. The van der Waals surface area contributed by atoms with Gasteiger partial charge in [0, 0.05) is 12.1 Å². The van der Waals surface area contributed by atoms with E-state index in [9.17, 15) is 13.2 Å². The zero-order valence-electron chi connectivity index (χ0n) is 15.9. The second-order valence-electron chi connectivity index (χ2n) is 6.52. The lowest BCUT2D eigenvalue weighted by molar-refractivity contribution is -0.116. The van der Waals surface area contributed by atoms with Gasteiger partial charge in [0.05, 0.1) is 20.1 Å². The Balaban J connectivity index is 1.51.